The van der Waals surface area contributed by atoms with Crippen LogP contribution in [0.3, 0.4) is 0 Å². The Hall–Kier alpha value is -2.03. The highest BCUT2D eigenvalue weighted by atomic mass is 32.2. The van der Waals surface area contributed by atoms with Gasteiger partial charge in [-0.3, -0.25) is 4.79 Å². The highest BCUT2D eigenvalue weighted by Gasteiger charge is 2.30. The predicted molar refractivity (Wildman–Crippen MR) is 76.4 cm³/mol. The van der Waals surface area contributed by atoms with Gasteiger partial charge in [-0.15, -0.1) is 0 Å². The summed E-state index contributed by atoms with van der Waals surface area (Å²) in [5.41, 5.74) is -0.356. The van der Waals surface area contributed by atoms with Crippen LogP contribution in [0.25, 0.3) is 0 Å². The summed E-state index contributed by atoms with van der Waals surface area (Å²) in [7, 11) is -3.15. The molecule has 1 aliphatic heterocycles. The molecule has 0 spiro atoms. The van der Waals surface area contributed by atoms with Crippen LogP contribution in [0.1, 0.15) is 23.7 Å². The molecule has 2 rings (SSSR count). The van der Waals surface area contributed by atoms with E-state index in [1.165, 1.54) is 6.92 Å². The number of sulfone groups is 1. The van der Waals surface area contributed by atoms with E-state index in [0.717, 1.165) is 12.1 Å². The molecule has 1 aliphatic rings. The topological polar surface area (TPSA) is 89.5 Å². The van der Waals surface area contributed by atoms with E-state index in [9.17, 15) is 26.8 Å². The van der Waals surface area contributed by atoms with Crippen molar-refractivity contribution in [2.45, 2.75) is 25.5 Å². The SMILES string of the molecule is C[C@@H](OC(=O)c1cc(F)cc(F)c1)C(=O)N[C@H]1CCS(=O)(=O)C1. The van der Waals surface area contributed by atoms with Gasteiger partial charge in [-0.05, 0) is 25.5 Å². The summed E-state index contributed by atoms with van der Waals surface area (Å²) in [6.45, 7) is 1.28. The summed E-state index contributed by atoms with van der Waals surface area (Å²) in [4.78, 5) is 23.7. The molecule has 23 heavy (non-hydrogen) atoms. The van der Waals surface area contributed by atoms with E-state index in [-0.39, 0.29) is 17.1 Å². The van der Waals surface area contributed by atoms with Crippen molar-refractivity contribution in [3.05, 3.63) is 35.4 Å². The van der Waals surface area contributed by atoms with Gasteiger partial charge >= 0.3 is 5.97 Å². The number of hydrogen-bond donors (Lipinski definition) is 1. The van der Waals surface area contributed by atoms with Gasteiger partial charge in [0.05, 0.1) is 17.1 Å². The van der Waals surface area contributed by atoms with E-state index >= 15 is 0 Å². The van der Waals surface area contributed by atoms with Gasteiger partial charge in [0.2, 0.25) is 0 Å². The first kappa shape index (κ1) is 17.3. The first-order valence-corrected chi connectivity index (χ1v) is 8.66. The van der Waals surface area contributed by atoms with Crippen LogP contribution in [-0.2, 0) is 19.4 Å². The van der Waals surface area contributed by atoms with Gasteiger partial charge in [0.1, 0.15) is 11.6 Å². The summed E-state index contributed by atoms with van der Waals surface area (Å²) in [5, 5.41) is 2.47. The Labute approximate surface area is 131 Å². The number of amides is 1. The molecular weight excluding hydrogens is 332 g/mol. The average Bonchev–Trinajstić information content (AvgIpc) is 2.76. The van der Waals surface area contributed by atoms with Crippen LogP contribution in [0.4, 0.5) is 8.78 Å². The fourth-order valence-corrected chi connectivity index (χ4v) is 3.85. The lowest BCUT2D eigenvalue weighted by molar-refractivity contribution is -0.129. The van der Waals surface area contributed by atoms with E-state index in [1.807, 2.05) is 0 Å². The molecule has 1 amide bonds. The maximum Gasteiger partial charge on any atom is 0.339 e. The molecule has 126 valence electrons. The van der Waals surface area contributed by atoms with Gasteiger partial charge < -0.3 is 10.1 Å². The summed E-state index contributed by atoms with van der Waals surface area (Å²) in [6.07, 6.45) is -0.929. The molecule has 1 fully saturated rings. The molecular formula is C14H15F2NO5S. The van der Waals surface area contributed by atoms with Crippen molar-refractivity contribution in [1.29, 1.82) is 0 Å². The molecule has 9 heteroatoms. The zero-order valence-corrected chi connectivity index (χ0v) is 13.0. The van der Waals surface area contributed by atoms with Gasteiger partial charge in [-0.1, -0.05) is 0 Å². The lowest BCUT2D eigenvalue weighted by Gasteiger charge is -2.16. The number of halogens is 2. The van der Waals surface area contributed by atoms with Gasteiger partial charge in [0.25, 0.3) is 5.91 Å². The molecule has 0 aliphatic carbocycles. The van der Waals surface area contributed by atoms with E-state index in [0.29, 0.717) is 12.5 Å². The Morgan fingerprint density at radius 2 is 1.87 bits per heavy atom. The van der Waals surface area contributed by atoms with E-state index in [4.69, 9.17) is 4.74 Å². The van der Waals surface area contributed by atoms with Gasteiger partial charge in [0, 0.05) is 12.1 Å². The maximum absolute atomic E-state index is 13.0. The van der Waals surface area contributed by atoms with Crippen molar-refractivity contribution in [3.63, 3.8) is 0 Å². The van der Waals surface area contributed by atoms with Crippen LogP contribution < -0.4 is 5.32 Å². The molecule has 1 aromatic carbocycles. The number of nitrogens with one attached hydrogen (secondary N) is 1. The van der Waals surface area contributed by atoms with Crippen molar-refractivity contribution in [3.8, 4) is 0 Å². The smallest absolute Gasteiger partial charge is 0.339 e. The van der Waals surface area contributed by atoms with Crippen LogP contribution in [-0.4, -0.2) is 43.9 Å². The first-order valence-electron chi connectivity index (χ1n) is 6.84. The highest BCUT2D eigenvalue weighted by molar-refractivity contribution is 7.91. The number of rotatable bonds is 4. The van der Waals surface area contributed by atoms with Crippen LogP contribution in [0.2, 0.25) is 0 Å². The number of ether oxygens (including phenoxy) is 1. The fourth-order valence-electron chi connectivity index (χ4n) is 2.18. The fraction of sp³-hybridized carbons (Fsp3) is 0.429. The minimum atomic E-state index is -3.15. The van der Waals surface area contributed by atoms with Crippen molar-refractivity contribution in [2.75, 3.05) is 11.5 Å². The summed E-state index contributed by atoms with van der Waals surface area (Å²) in [6, 6.07) is 1.66. The number of benzene rings is 1. The normalized spacial score (nSPS) is 20.7. The standard InChI is InChI=1S/C14H15F2NO5S/c1-8(13(18)17-12-2-3-23(20,21)7-12)22-14(19)9-4-10(15)6-11(16)5-9/h4-6,8,12H,2-3,7H2,1H3,(H,17,18)/t8-,12+/m1/s1. The summed E-state index contributed by atoms with van der Waals surface area (Å²) < 4.78 is 53.5. The van der Waals surface area contributed by atoms with Crippen molar-refractivity contribution in [2.24, 2.45) is 0 Å². The lowest BCUT2D eigenvalue weighted by Crippen LogP contribution is -2.42. The molecule has 0 saturated carbocycles. The average molecular weight is 347 g/mol. The van der Waals surface area contributed by atoms with Crippen molar-refractivity contribution < 1.29 is 31.5 Å². The monoisotopic (exact) mass is 347 g/mol. The Kier molecular flexibility index (Phi) is 4.98. The van der Waals surface area contributed by atoms with Crippen molar-refractivity contribution in [1.82, 2.24) is 5.32 Å². The van der Waals surface area contributed by atoms with Crippen LogP contribution in [0, 0.1) is 11.6 Å². The molecule has 1 aromatic rings. The molecule has 0 radical (unpaired) electrons. The van der Waals surface area contributed by atoms with Crippen LogP contribution in [0.5, 0.6) is 0 Å². The Balaban J connectivity index is 1.94. The third-order valence-corrected chi connectivity index (χ3v) is 5.10. The molecule has 1 heterocycles. The number of carbonyl (C=O) groups is 2. The molecule has 2 atom stereocenters. The minimum absolute atomic E-state index is 0.00527. The van der Waals surface area contributed by atoms with Gasteiger partial charge in [0.15, 0.2) is 15.9 Å². The van der Waals surface area contributed by atoms with Gasteiger partial charge in [-0.25, -0.2) is 22.0 Å². The number of hydrogen-bond acceptors (Lipinski definition) is 5. The van der Waals surface area contributed by atoms with E-state index < -0.39 is 45.5 Å². The molecule has 0 aromatic heterocycles. The zero-order chi connectivity index (χ0) is 17.2. The second-order valence-electron chi connectivity index (χ2n) is 5.31. The molecule has 1 N–H and O–H groups in total. The molecule has 1 saturated heterocycles. The number of carbonyl (C=O) groups excluding carboxylic acids is 2. The number of esters is 1. The zero-order valence-electron chi connectivity index (χ0n) is 12.2. The molecule has 0 bridgehead atoms. The molecule has 0 unspecified atom stereocenters. The third kappa shape index (κ3) is 4.72. The van der Waals surface area contributed by atoms with Crippen molar-refractivity contribution >= 4 is 21.7 Å². The summed E-state index contributed by atoms with van der Waals surface area (Å²) >= 11 is 0. The Morgan fingerprint density at radius 1 is 1.26 bits per heavy atom. The van der Waals surface area contributed by atoms with E-state index in [1.54, 1.807) is 0 Å². The molecule has 6 nitrogen and oxygen atoms in total. The highest BCUT2D eigenvalue weighted by Crippen LogP contribution is 2.13. The largest absolute Gasteiger partial charge is 0.449 e. The summed E-state index contributed by atoms with van der Waals surface area (Å²) in [5.74, 6) is -3.76. The Morgan fingerprint density at radius 3 is 2.39 bits per heavy atom. The maximum atomic E-state index is 13.0. The predicted octanol–water partition coefficient (Wildman–Crippen LogP) is 0.813. The lowest BCUT2D eigenvalue weighted by atomic mass is 10.2. The van der Waals surface area contributed by atoms with E-state index in [2.05, 4.69) is 5.32 Å². The van der Waals surface area contributed by atoms with Crippen LogP contribution >= 0.6 is 0 Å². The third-order valence-electron chi connectivity index (χ3n) is 3.33. The second kappa shape index (κ2) is 6.61. The van der Waals surface area contributed by atoms with Crippen LogP contribution in [0.15, 0.2) is 18.2 Å². The first-order chi connectivity index (χ1) is 10.7. The Bertz CT molecular complexity index is 714. The van der Waals surface area contributed by atoms with Gasteiger partial charge in [-0.2, -0.15) is 0 Å². The quantitative estimate of drug-likeness (QED) is 0.815. The second-order valence-corrected chi connectivity index (χ2v) is 7.54. The minimum Gasteiger partial charge on any atom is -0.449 e.